The maximum atomic E-state index is 12.5. The smallest absolute Gasteiger partial charge is 0.260 e. The van der Waals surface area contributed by atoms with Gasteiger partial charge in [-0.2, -0.15) is 0 Å². The Bertz CT molecular complexity index is 881. The fraction of sp³-hybridized carbons (Fsp3) is 0. The molecule has 3 N–H and O–H groups in total. The minimum absolute atomic E-state index is 0.287. The molecule has 0 spiro atoms. The van der Waals surface area contributed by atoms with Crippen LogP contribution >= 0.6 is 23.1 Å². The topological polar surface area (TPSA) is 98.0 Å². The number of hydrogen-bond acceptors (Lipinski definition) is 6. The molecule has 0 aliphatic rings. The molecule has 2 amide bonds. The van der Waals surface area contributed by atoms with E-state index in [-0.39, 0.29) is 10.8 Å². The molecule has 0 aliphatic carbocycles. The number of carbonyl (C=O) groups is 2. The maximum absolute atomic E-state index is 12.5. The first-order valence-electron chi connectivity index (χ1n) is 6.88. The van der Waals surface area contributed by atoms with Gasteiger partial charge in [-0.1, -0.05) is 41.3 Å². The molecule has 24 heavy (non-hydrogen) atoms. The van der Waals surface area contributed by atoms with E-state index in [0.717, 1.165) is 16.2 Å². The van der Waals surface area contributed by atoms with Gasteiger partial charge in [-0.15, -0.1) is 0 Å². The van der Waals surface area contributed by atoms with E-state index < -0.39 is 5.91 Å². The van der Waals surface area contributed by atoms with Crippen LogP contribution in [0.5, 0.6) is 0 Å². The average Bonchev–Trinajstić information content (AvgIpc) is 3.05. The summed E-state index contributed by atoms with van der Waals surface area (Å²) in [4.78, 5) is 33.1. The van der Waals surface area contributed by atoms with E-state index >= 15 is 0 Å². The van der Waals surface area contributed by atoms with Crippen LogP contribution in [0.4, 0.5) is 5.13 Å². The lowest BCUT2D eigenvalue weighted by Crippen LogP contribution is -2.13. The van der Waals surface area contributed by atoms with Gasteiger partial charge in [0.1, 0.15) is 9.90 Å². The molecule has 3 rings (SSSR count). The number of amides is 2. The first kappa shape index (κ1) is 16.2. The normalized spacial score (nSPS) is 10.3. The summed E-state index contributed by atoms with van der Waals surface area (Å²) >= 11 is 2.43. The standard InChI is InChI=1S/C16H12N4O2S2/c17-13(21)12-9-19-16(24-12)20-14(22)11-7-4-8-18-15(11)23-10-5-2-1-3-6-10/h1-9H,(H2,17,21)(H,19,20,22). The second kappa shape index (κ2) is 7.24. The van der Waals surface area contributed by atoms with Crippen LogP contribution in [0.15, 0.2) is 64.8 Å². The summed E-state index contributed by atoms with van der Waals surface area (Å²) in [6.45, 7) is 0. The Kier molecular flexibility index (Phi) is 4.88. The lowest BCUT2D eigenvalue weighted by molar-refractivity contribution is 0.1000. The SMILES string of the molecule is NC(=O)c1cnc(NC(=O)c2cccnc2Sc2ccccc2)s1. The highest BCUT2D eigenvalue weighted by molar-refractivity contribution is 7.99. The largest absolute Gasteiger partial charge is 0.365 e. The quantitative estimate of drug-likeness (QED) is 0.732. The molecular formula is C16H12N4O2S2. The van der Waals surface area contributed by atoms with Crippen LogP contribution in [-0.4, -0.2) is 21.8 Å². The molecule has 1 aromatic carbocycles. The van der Waals surface area contributed by atoms with Crippen molar-refractivity contribution in [1.29, 1.82) is 0 Å². The lowest BCUT2D eigenvalue weighted by Gasteiger charge is -2.07. The molecule has 2 heterocycles. The average molecular weight is 356 g/mol. The van der Waals surface area contributed by atoms with E-state index in [4.69, 9.17) is 5.73 Å². The zero-order valence-electron chi connectivity index (χ0n) is 12.3. The third-order valence-corrected chi connectivity index (χ3v) is 4.90. The van der Waals surface area contributed by atoms with Gasteiger partial charge in [0.15, 0.2) is 5.13 Å². The molecule has 2 aromatic heterocycles. The van der Waals surface area contributed by atoms with Crippen LogP contribution in [0, 0.1) is 0 Å². The molecule has 6 nitrogen and oxygen atoms in total. The van der Waals surface area contributed by atoms with Gasteiger partial charge in [0.05, 0.1) is 11.8 Å². The van der Waals surface area contributed by atoms with Crippen LogP contribution in [0.2, 0.25) is 0 Å². The molecule has 0 fully saturated rings. The summed E-state index contributed by atoms with van der Waals surface area (Å²) in [6, 6.07) is 13.0. The number of rotatable bonds is 5. The highest BCUT2D eigenvalue weighted by atomic mass is 32.2. The Hall–Kier alpha value is -2.71. The molecule has 0 radical (unpaired) electrons. The summed E-state index contributed by atoms with van der Waals surface area (Å²) in [5, 5.41) is 3.57. The Morgan fingerprint density at radius 1 is 1.08 bits per heavy atom. The molecule has 0 aliphatic heterocycles. The molecule has 8 heteroatoms. The van der Waals surface area contributed by atoms with E-state index in [1.807, 2.05) is 30.3 Å². The number of aromatic nitrogens is 2. The van der Waals surface area contributed by atoms with E-state index in [1.54, 1.807) is 18.3 Å². The predicted molar refractivity (Wildman–Crippen MR) is 93.4 cm³/mol. The Morgan fingerprint density at radius 3 is 2.58 bits per heavy atom. The van der Waals surface area contributed by atoms with Crippen molar-refractivity contribution in [3.63, 3.8) is 0 Å². The second-order valence-electron chi connectivity index (χ2n) is 4.62. The van der Waals surface area contributed by atoms with Gasteiger partial charge >= 0.3 is 0 Å². The second-order valence-corrected chi connectivity index (χ2v) is 6.71. The summed E-state index contributed by atoms with van der Waals surface area (Å²) in [5.74, 6) is -0.915. The number of carbonyl (C=O) groups excluding carboxylic acids is 2. The van der Waals surface area contributed by atoms with E-state index in [1.165, 1.54) is 18.0 Å². The van der Waals surface area contributed by atoms with Crippen LogP contribution < -0.4 is 11.1 Å². The van der Waals surface area contributed by atoms with E-state index in [0.29, 0.717) is 15.7 Å². The highest BCUT2D eigenvalue weighted by Crippen LogP contribution is 2.29. The molecule has 0 unspecified atom stereocenters. The summed E-state index contributed by atoms with van der Waals surface area (Å²) in [7, 11) is 0. The van der Waals surface area contributed by atoms with Crippen LogP contribution in [-0.2, 0) is 0 Å². The van der Waals surface area contributed by atoms with Gasteiger partial charge in [0, 0.05) is 11.1 Å². The monoisotopic (exact) mass is 356 g/mol. The van der Waals surface area contributed by atoms with Gasteiger partial charge in [-0.3, -0.25) is 14.9 Å². The van der Waals surface area contributed by atoms with E-state index in [2.05, 4.69) is 15.3 Å². The predicted octanol–water partition coefficient (Wildman–Crippen LogP) is 3.04. The number of nitrogens with two attached hydrogens (primary N) is 1. The third-order valence-electron chi connectivity index (χ3n) is 2.94. The molecule has 3 aromatic rings. The molecule has 0 atom stereocenters. The molecule has 120 valence electrons. The van der Waals surface area contributed by atoms with Gasteiger partial charge in [0.2, 0.25) is 0 Å². The number of hydrogen-bond donors (Lipinski definition) is 2. The minimum atomic E-state index is -0.574. The minimum Gasteiger partial charge on any atom is -0.365 e. The summed E-state index contributed by atoms with van der Waals surface area (Å²) in [6.07, 6.45) is 2.97. The highest BCUT2D eigenvalue weighted by Gasteiger charge is 2.16. The van der Waals surface area contributed by atoms with Crippen molar-refractivity contribution < 1.29 is 9.59 Å². The lowest BCUT2D eigenvalue weighted by atomic mass is 10.3. The van der Waals surface area contributed by atoms with Crippen molar-refractivity contribution in [2.45, 2.75) is 9.92 Å². The van der Waals surface area contributed by atoms with E-state index in [9.17, 15) is 9.59 Å². The first-order valence-corrected chi connectivity index (χ1v) is 8.51. The number of anilines is 1. The fourth-order valence-corrected chi connectivity index (χ4v) is 3.42. The van der Waals surface area contributed by atoms with Crippen molar-refractivity contribution in [3.05, 3.63) is 65.3 Å². The molecule has 0 saturated carbocycles. The van der Waals surface area contributed by atoms with Gasteiger partial charge < -0.3 is 5.73 Å². The van der Waals surface area contributed by atoms with Gasteiger partial charge in [0.25, 0.3) is 11.8 Å². The van der Waals surface area contributed by atoms with Crippen LogP contribution in [0.25, 0.3) is 0 Å². The van der Waals surface area contributed by atoms with Gasteiger partial charge in [-0.05, 0) is 24.3 Å². The Morgan fingerprint density at radius 2 is 1.88 bits per heavy atom. The number of nitrogens with one attached hydrogen (secondary N) is 1. The van der Waals surface area contributed by atoms with Crippen molar-refractivity contribution in [2.24, 2.45) is 5.73 Å². The summed E-state index contributed by atoms with van der Waals surface area (Å²) < 4.78 is 0. The summed E-state index contributed by atoms with van der Waals surface area (Å²) in [5.41, 5.74) is 5.62. The molecule has 0 saturated heterocycles. The number of pyridine rings is 1. The Balaban J connectivity index is 1.80. The number of thiazole rings is 1. The zero-order chi connectivity index (χ0) is 16.9. The molecule has 0 bridgehead atoms. The zero-order valence-corrected chi connectivity index (χ0v) is 13.9. The number of nitrogens with zero attached hydrogens (tertiary/aromatic N) is 2. The van der Waals surface area contributed by atoms with Crippen LogP contribution in [0.3, 0.4) is 0 Å². The van der Waals surface area contributed by atoms with Crippen molar-refractivity contribution in [1.82, 2.24) is 9.97 Å². The van der Waals surface area contributed by atoms with Gasteiger partial charge in [-0.25, -0.2) is 9.97 Å². The number of benzene rings is 1. The first-order chi connectivity index (χ1) is 11.6. The van der Waals surface area contributed by atoms with Crippen LogP contribution in [0.1, 0.15) is 20.0 Å². The van der Waals surface area contributed by atoms with Crippen molar-refractivity contribution in [2.75, 3.05) is 5.32 Å². The number of primary amides is 1. The molecular weight excluding hydrogens is 344 g/mol. The fourth-order valence-electron chi connectivity index (χ4n) is 1.86. The Labute approximate surface area is 146 Å². The van der Waals surface area contributed by atoms with Crippen molar-refractivity contribution >= 4 is 40.0 Å². The third kappa shape index (κ3) is 3.79. The maximum Gasteiger partial charge on any atom is 0.260 e. The van der Waals surface area contributed by atoms with Crippen molar-refractivity contribution in [3.8, 4) is 0 Å².